The fraction of sp³-hybridized carbons (Fsp3) is 0.636. The second-order valence-corrected chi connectivity index (χ2v) is 8.65. The number of likely N-dealkylation sites (N-methyl/N-ethyl adjacent to an activating group) is 1. The van der Waals surface area contributed by atoms with Crippen LogP contribution in [0.4, 0.5) is 5.82 Å². The summed E-state index contributed by atoms with van der Waals surface area (Å²) < 4.78 is 7.10. The molecule has 4 rings (SSSR count). The van der Waals surface area contributed by atoms with Gasteiger partial charge in [0.25, 0.3) is 5.91 Å². The number of aliphatic hydroxyl groups is 3. The number of nitrogens with one attached hydrogen (secondary N) is 1. The number of nitrogens with two attached hydrogens (primary N) is 1. The Morgan fingerprint density at radius 3 is 2.67 bits per heavy atom. The van der Waals surface area contributed by atoms with Crippen LogP contribution in [0.2, 0.25) is 0 Å². The lowest BCUT2D eigenvalue weighted by molar-refractivity contribution is -0.137. The molecule has 6 N–H and O–H groups in total. The van der Waals surface area contributed by atoms with Crippen molar-refractivity contribution in [2.24, 2.45) is 11.8 Å². The molecule has 1 saturated heterocycles. The molecule has 33 heavy (non-hydrogen) atoms. The summed E-state index contributed by atoms with van der Waals surface area (Å²) in [5.41, 5.74) is 6.66. The molecule has 0 bridgehead atoms. The van der Waals surface area contributed by atoms with Gasteiger partial charge in [-0.05, 0) is 50.4 Å². The van der Waals surface area contributed by atoms with Crippen LogP contribution >= 0.6 is 0 Å². The van der Waals surface area contributed by atoms with Crippen LogP contribution in [0.15, 0.2) is 6.33 Å². The molecule has 2 aromatic heterocycles. The highest BCUT2D eigenvalue weighted by Gasteiger charge is 2.47. The molecule has 1 amide bonds. The van der Waals surface area contributed by atoms with Gasteiger partial charge in [-0.3, -0.25) is 9.36 Å². The summed E-state index contributed by atoms with van der Waals surface area (Å²) in [5.74, 6) is 6.84. The summed E-state index contributed by atoms with van der Waals surface area (Å²) >= 11 is 0. The van der Waals surface area contributed by atoms with Crippen molar-refractivity contribution in [3.05, 3.63) is 12.2 Å². The monoisotopic (exact) mass is 458 g/mol. The maximum atomic E-state index is 12.2. The number of anilines is 1. The normalized spacial score (nSPS) is 29.6. The van der Waals surface area contributed by atoms with Gasteiger partial charge in [0.2, 0.25) is 5.82 Å². The minimum Gasteiger partial charge on any atom is -0.396 e. The summed E-state index contributed by atoms with van der Waals surface area (Å²) in [7, 11) is 0. The van der Waals surface area contributed by atoms with Crippen molar-refractivity contribution in [1.82, 2.24) is 24.8 Å². The number of hydrogen-bond acceptors (Lipinski definition) is 9. The van der Waals surface area contributed by atoms with Crippen LogP contribution in [0.5, 0.6) is 0 Å². The van der Waals surface area contributed by atoms with Gasteiger partial charge < -0.3 is 31.1 Å². The van der Waals surface area contributed by atoms with Crippen LogP contribution in [0, 0.1) is 23.7 Å². The van der Waals surface area contributed by atoms with Crippen LogP contribution < -0.4 is 11.1 Å². The van der Waals surface area contributed by atoms with E-state index in [1.54, 1.807) is 6.92 Å². The maximum Gasteiger partial charge on any atom is 0.252 e. The van der Waals surface area contributed by atoms with E-state index < -0.39 is 30.4 Å². The number of nitrogens with zero attached hydrogens (tertiary/aromatic N) is 4. The molecule has 0 spiro atoms. The summed E-state index contributed by atoms with van der Waals surface area (Å²) in [6.07, 6.45) is 1.15. The fourth-order valence-electron chi connectivity index (χ4n) is 4.45. The van der Waals surface area contributed by atoms with Crippen molar-refractivity contribution in [3.8, 4) is 11.8 Å². The Hall–Kier alpha value is -2.78. The highest BCUT2D eigenvalue weighted by Crippen LogP contribution is 2.32. The number of aliphatic hydroxyl groups excluding tert-OH is 3. The van der Waals surface area contributed by atoms with Crippen LogP contribution in [-0.2, 0) is 9.53 Å². The summed E-state index contributed by atoms with van der Waals surface area (Å²) in [4.78, 5) is 25.0. The zero-order valence-electron chi connectivity index (χ0n) is 18.5. The lowest BCUT2D eigenvalue weighted by atomic mass is 9.81. The van der Waals surface area contributed by atoms with Gasteiger partial charge in [-0.15, -0.1) is 0 Å². The maximum absolute atomic E-state index is 12.2. The lowest BCUT2D eigenvalue weighted by Gasteiger charge is -2.25. The minimum atomic E-state index is -1.40. The third-order valence-electron chi connectivity index (χ3n) is 6.39. The zero-order valence-corrected chi connectivity index (χ0v) is 18.5. The van der Waals surface area contributed by atoms with Gasteiger partial charge in [-0.25, -0.2) is 15.0 Å². The number of fused-ring (bicyclic) bond motifs is 1. The first-order valence-electron chi connectivity index (χ1n) is 11.3. The summed E-state index contributed by atoms with van der Waals surface area (Å²) in [5, 5.41) is 32.7. The number of amides is 1. The quantitative estimate of drug-likeness (QED) is 0.378. The van der Waals surface area contributed by atoms with E-state index in [0.29, 0.717) is 36.0 Å². The third kappa shape index (κ3) is 4.79. The molecular weight excluding hydrogens is 428 g/mol. The van der Waals surface area contributed by atoms with Crippen LogP contribution in [0.1, 0.15) is 51.1 Å². The first kappa shape index (κ1) is 23.4. The van der Waals surface area contributed by atoms with Crippen molar-refractivity contribution in [1.29, 1.82) is 0 Å². The predicted molar refractivity (Wildman–Crippen MR) is 118 cm³/mol. The number of carbonyl (C=O) groups excluding carboxylic acids is 1. The average molecular weight is 459 g/mol. The fourth-order valence-corrected chi connectivity index (χ4v) is 4.45. The molecule has 2 unspecified atom stereocenters. The molecule has 2 aromatic rings. The molecular formula is C22H30N6O5. The van der Waals surface area contributed by atoms with E-state index in [2.05, 4.69) is 32.1 Å². The standard InChI is InChI=1S/C22H30N6O5/c1-2-24-21(32)18-16(30)17(31)22(33-18)28-11-25-15-19(23)26-14(27-20(15)28)5-3-4-12-6-8-13(10-29)9-7-12/h11-13,16-18,22,29-31H,2,4,6-10H2,1H3,(H,24,32)(H2,23,26,27)/t12?,13?,16?,17?,18-,22+/m0/s1. The van der Waals surface area contributed by atoms with Crippen molar-refractivity contribution < 1.29 is 24.9 Å². The van der Waals surface area contributed by atoms with Crippen molar-refractivity contribution in [2.45, 2.75) is 63.6 Å². The smallest absolute Gasteiger partial charge is 0.252 e. The topological polar surface area (TPSA) is 169 Å². The summed E-state index contributed by atoms with van der Waals surface area (Å²) in [6, 6.07) is 0. The largest absolute Gasteiger partial charge is 0.396 e. The van der Waals surface area contributed by atoms with Crippen LogP contribution in [0.25, 0.3) is 11.2 Å². The van der Waals surface area contributed by atoms with E-state index in [1.807, 2.05) is 0 Å². The van der Waals surface area contributed by atoms with Crippen LogP contribution in [-0.4, -0.2) is 72.2 Å². The molecule has 1 aliphatic carbocycles. The first-order valence-corrected chi connectivity index (χ1v) is 11.3. The minimum absolute atomic E-state index is 0.139. The van der Waals surface area contributed by atoms with Gasteiger partial charge in [0, 0.05) is 19.6 Å². The number of imidazole rings is 1. The molecule has 11 nitrogen and oxygen atoms in total. The Morgan fingerprint density at radius 2 is 1.97 bits per heavy atom. The Balaban J connectivity index is 1.53. The molecule has 3 heterocycles. The zero-order chi connectivity index (χ0) is 23.5. The first-order chi connectivity index (χ1) is 15.9. The number of hydrogen-bond donors (Lipinski definition) is 5. The van der Waals surface area contributed by atoms with Gasteiger partial charge >= 0.3 is 0 Å². The second kappa shape index (κ2) is 10.0. The van der Waals surface area contributed by atoms with Crippen molar-refractivity contribution >= 4 is 22.9 Å². The molecule has 11 heteroatoms. The Morgan fingerprint density at radius 1 is 1.24 bits per heavy atom. The molecule has 4 atom stereocenters. The Labute approximate surface area is 191 Å². The lowest BCUT2D eigenvalue weighted by Crippen LogP contribution is -2.42. The Bertz CT molecular complexity index is 1050. The molecule has 1 saturated carbocycles. The molecule has 0 aromatic carbocycles. The molecule has 2 aliphatic rings. The van der Waals surface area contributed by atoms with Gasteiger partial charge in [-0.1, -0.05) is 5.92 Å². The number of carbonyl (C=O) groups is 1. The van der Waals surface area contributed by atoms with Gasteiger partial charge in [0.1, 0.15) is 17.7 Å². The number of nitrogen functional groups attached to an aromatic ring is 1. The molecule has 178 valence electrons. The molecule has 0 radical (unpaired) electrons. The highest BCUT2D eigenvalue weighted by molar-refractivity contribution is 5.83. The Kier molecular flexibility index (Phi) is 7.09. The molecule has 2 fully saturated rings. The van der Waals surface area contributed by atoms with Gasteiger partial charge in [-0.2, -0.15) is 0 Å². The highest BCUT2D eigenvalue weighted by atomic mass is 16.6. The van der Waals surface area contributed by atoms with E-state index in [-0.39, 0.29) is 18.2 Å². The summed E-state index contributed by atoms with van der Waals surface area (Å²) in [6.45, 7) is 2.37. The number of aromatic nitrogens is 4. The van der Waals surface area contributed by atoms with E-state index >= 15 is 0 Å². The number of rotatable bonds is 5. The van der Waals surface area contributed by atoms with Gasteiger partial charge in [0.15, 0.2) is 23.8 Å². The third-order valence-corrected chi connectivity index (χ3v) is 6.39. The van der Waals surface area contributed by atoms with E-state index in [4.69, 9.17) is 10.5 Å². The van der Waals surface area contributed by atoms with Gasteiger partial charge in [0.05, 0.1) is 6.33 Å². The number of ether oxygens (including phenoxy) is 1. The van der Waals surface area contributed by atoms with E-state index in [0.717, 1.165) is 25.7 Å². The van der Waals surface area contributed by atoms with E-state index in [9.17, 15) is 20.1 Å². The predicted octanol–water partition coefficient (Wildman–Crippen LogP) is -0.296. The average Bonchev–Trinajstić information content (AvgIpc) is 3.36. The van der Waals surface area contributed by atoms with Crippen LogP contribution in [0.3, 0.4) is 0 Å². The van der Waals surface area contributed by atoms with E-state index in [1.165, 1.54) is 10.9 Å². The SMILES string of the molecule is CCNC(=O)[C@H]1O[C@@H](n2cnc3c(N)nc(C#CCC4CCC(CO)CC4)nc32)C(O)C1O. The van der Waals surface area contributed by atoms with Crippen molar-refractivity contribution in [2.75, 3.05) is 18.9 Å². The molecule has 1 aliphatic heterocycles. The second-order valence-electron chi connectivity index (χ2n) is 8.65. The van der Waals surface area contributed by atoms with Crippen molar-refractivity contribution in [3.63, 3.8) is 0 Å².